The van der Waals surface area contributed by atoms with Crippen LogP contribution in [-0.4, -0.2) is 23.1 Å². The highest BCUT2D eigenvalue weighted by atomic mass is 32.2. The van der Waals surface area contributed by atoms with Crippen molar-refractivity contribution >= 4 is 23.4 Å². The summed E-state index contributed by atoms with van der Waals surface area (Å²) in [7, 11) is 0. The van der Waals surface area contributed by atoms with Crippen LogP contribution in [0.4, 0.5) is 0 Å². The van der Waals surface area contributed by atoms with Crippen molar-refractivity contribution in [2.75, 3.05) is 11.5 Å². The van der Waals surface area contributed by atoms with Crippen LogP contribution >= 0.6 is 11.8 Å². The van der Waals surface area contributed by atoms with Crippen molar-refractivity contribution in [1.82, 2.24) is 5.43 Å². The molecule has 68 valence electrons. The number of rotatable bonds is 2. The number of carbonyl (C=O) groups excluding carboxylic acids is 1. The fraction of sp³-hybridized carbons (Fsp3) is 0.750. The molecule has 0 aromatic rings. The van der Waals surface area contributed by atoms with Crippen LogP contribution in [0.3, 0.4) is 0 Å². The minimum atomic E-state index is -0.000556. The van der Waals surface area contributed by atoms with Crippen molar-refractivity contribution < 1.29 is 4.79 Å². The van der Waals surface area contributed by atoms with Gasteiger partial charge in [-0.05, 0) is 12.2 Å². The first-order chi connectivity index (χ1) is 5.70. The number of nitrogens with zero attached hydrogens (tertiary/aromatic N) is 1. The minimum Gasteiger partial charge on any atom is -0.273 e. The summed E-state index contributed by atoms with van der Waals surface area (Å²) in [6.07, 6.45) is 1.02. The number of hydrazone groups is 1. The number of nitrogens with one attached hydrogen (secondary N) is 1. The Morgan fingerprint density at radius 3 is 2.92 bits per heavy atom. The number of amides is 1. The average molecular weight is 186 g/mol. The summed E-state index contributed by atoms with van der Waals surface area (Å²) in [5.41, 5.74) is 3.67. The third-order valence-corrected chi connectivity index (χ3v) is 2.68. The van der Waals surface area contributed by atoms with Crippen molar-refractivity contribution in [2.24, 2.45) is 11.0 Å². The van der Waals surface area contributed by atoms with Crippen LogP contribution in [0, 0.1) is 5.92 Å². The molecule has 1 rings (SSSR count). The van der Waals surface area contributed by atoms with Gasteiger partial charge in [0, 0.05) is 17.4 Å². The summed E-state index contributed by atoms with van der Waals surface area (Å²) in [6.45, 7) is 3.72. The Labute approximate surface area is 77.0 Å². The summed E-state index contributed by atoms with van der Waals surface area (Å²) in [4.78, 5) is 11.1. The van der Waals surface area contributed by atoms with Gasteiger partial charge in [-0.3, -0.25) is 4.79 Å². The first kappa shape index (κ1) is 9.58. The first-order valence-electron chi connectivity index (χ1n) is 4.13. The molecule has 1 aliphatic heterocycles. The van der Waals surface area contributed by atoms with E-state index < -0.39 is 0 Å². The number of carbonyl (C=O) groups is 1. The molecule has 0 bridgehead atoms. The van der Waals surface area contributed by atoms with Crippen molar-refractivity contribution in [3.8, 4) is 0 Å². The zero-order valence-electron chi connectivity index (χ0n) is 7.46. The second-order valence-electron chi connectivity index (χ2n) is 3.11. The summed E-state index contributed by atoms with van der Waals surface area (Å²) < 4.78 is 0. The topological polar surface area (TPSA) is 41.5 Å². The molecule has 0 spiro atoms. The van der Waals surface area contributed by atoms with Gasteiger partial charge in [0.25, 0.3) is 0 Å². The maximum atomic E-state index is 11.1. The molecule has 1 saturated heterocycles. The van der Waals surface area contributed by atoms with Crippen LogP contribution in [0.15, 0.2) is 5.10 Å². The van der Waals surface area contributed by atoms with Gasteiger partial charge in [0.2, 0.25) is 5.91 Å². The SMILES string of the molecule is CC(C)C(=O)N/N=C1/CCSC1. The number of thioether (sulfide) groups is 1. The molecule has 1 amide bonds. The maximum absolute atomic E-state index is 11.1. The Hall–Kier alpha value is -0.510. The van der Waals surface area contributed by atoms with E-state index in [4.69, 9.17) is 0 Å². The fourth-order valence-electron chi connectivity index (χ4n) is 0.804. The van der Waals surface area contributed by atoms with Crippen LogP contribution in [-0.2, 0) is 4.79 Å². The predicted molar refractivity (Wildman–Crippen MR) is 52.4 cm³/mol. The van der Waals surface area contributed by atoms with Crippen molar-refractivity contribution in [3.63, 3.8) is 0 Å². The van der Waals surface area contributed by atoms with Gasteiger partial charge in [-0.15, -0.1) is 0 Å². The van der Waals surface area contributed by atoms with Crippen LogP contribution in [0.5, 0.6) is 0 Å². The first-order valence-corrected chi connectivity index (χ1v) is 5.28. The van der Waals surface area contributed by atoms with Gasteiger partial charge in [-0.2, -0.15) is 16.9 Å². The van der Waals surface area contributed by atoms with E-state index in [1.807, 2.05) is 25.6 Å². The van der Waals surface area contributed by atoms with E-state index in [0.717, 1.165) is 23.6 Å². The van der Waals surface area contributed by atoms with E-state index in [-0.39, 0.29) is 11.8 Å². The monoisotopic (exact) mass is 186 g/mol. The quantitative estimate of drug-likeness (QED) is 0.659. The molecule has 1 aliphatic rings. The lowest BCUT2D eigenvalue weighted by Gasteiger charge is -2.02. The molecule has 0 atom stereocenters. The second-order valence-corrected chi connectivity index (χ2v) is 4.22. The van der Waals surface area contributed by atoms with E-state index in [0.29, 0.717) is 0 Å². The summed E-state index contributed by atoms with van der Waals surface area (Å²) in [6, 6.07) is 0. The zero-order chi connectivity index (χ0) is 8.97. The normalized spacial score (nSPS) is 20.4. The number of hydrogen-bond donors (Lipinski definition) is 1. The molecule has 3 nitrogen and oxygen atoms in total. The van der Waals surface area contributed by atoms with Gasteiger partial charge in [-0.25, -0.2) is 5.43 Å². The highest BCUT2D eigenvalue weighted by molar-refractivity contribution is 8.00. The van der Waals surface area contributed by atoms with Crippen molar-refractivity contribution in [2.45, 2.75) is 20.3 Å². The lowest BCUT2D eigenvalue weighted by Crippen LogP contribution is -2.24. The standard InChI is InChI=1S/C8H14N2OS/c1-6(2)8(11)10-9-7-3-4-12-5-7/h6H,3-5H2,1-2H3,(H,10,11)/b9-7-. The maximum Gasteiger partial charge on any atom is 0.242 e. The molecule has 0 unspecified atom stereocenters. The van der Waals surface area contributed by atoms with Gasteiger partial charge in [0.1, 0.15) is 0 Å². The van der Waals surface area contributed by atoms with Crippen LogP contribution in [0.1, 0.15) is 20.3 Å². The average Bonchev–Trinajstić information content (AvgIpc) is 2.51. The van der Waals surface area contributed by atoms with Gasteiger partial charge in [0.05, 0.1) is 0 Å². The molecule has 0 saturated carbocycles. The third-order valence-electron chi connectivity index (χ3n) is 1.65. The molecule has 0 aliphatic carbocycles. The van der Waals surface area contributed by atoms with Gasteiger partial charge < -0.3 is 0 Å². The summed E-state index contributed by atoms with van der Waals surface area (Å²) >= 11 is 1.86. The Morgan fingerprint density at radius 1 is 1.67 bits per heavy atom. The minimum absolute atomic E-state index is 0.000556. The van der Waals surface area contributed by atoms with Gasteiger partial charge >= 0.3 is 0 Å². The third kappa shape index (κ3) is 2.85. The molecular formula is C8H14N2OS. The fourth-order valence-corrected chi connectivity index (χ4v) is 1.77. The van der Waals surface area contributed by atoms with E-state index in [9.17, 15) is 4.79 Å². The van der Waals surface area contributed by atoms with Gasteiger partial charge in [-0.1, -0.05) is 13.8 Å². The Bertz CT molecular complexity index is 193. The molecule has 1 heterocycles. The Kier molecular flexibility index (Phi) is 3.59. The Morgan fingerprint density at radius 2 is 2.42 bits per heavy atom. The Balaban J connectivity index is 2.32. The largest absolute Gasteiger partial charge is 0.273 e. The van der Waals surface area contributed by atoms with Crippen LogP contribution < -0.4 is 5.43 Å². The molecule has 0 aromatic heterocycles. The highest BCUT2D eigenvalue weighted by Crippen LogP contribution is 2.13. The van der Waals surface area contributed by atoms with E-state index in [1.165, 1.54) is 0 Å². The van der Waals surface area contributed by atoms with E-state index in [2.05, 4.69) is 10.5 Å². The van der Waals surface area contributed by atoms with Crippen LogP contribution in [0.25, 0.3) is 0 Å². The molecule has 1 fully saturated rings. The molecule has 0 aromatic carbocycles. The summed E-state index contributed by atoms with van der Waals surface area (Å²) in [5.74, 6) is 2.12. The molecule has 4 heteroatoms. The lowest BCUT2D eigenvalue weighted by molar-refractivity contribution is -0.123. The zero-order valence-corrected chi connectivity index (χ0v) is 8.28. The van der Waals surface area contributed by atoms with Crippen LogP contribution in [0.2, 0.25) is 0 Å². The highest BCUT2D eigenvalue weighted by Gasteiger charge is 2.10. The van der Waals surface area contributed by atoms with Crippen molar-refractivity contribution in [3.05, 3.63) is 0 Å². The molecule has 1 N–H and O–H groups in total. The predicted octanol–water partition coefficient (Wildman–Crippen LogP) is 1.25. The molecule has 12 heavy (non-hydrogen) atoms. The second kappa shape index (κ2) is 4.50. The number of hydrogen-bond acceptors (Lipinski definition) is 3. The van der Waals surface area contributed by atoms with Gasteiger partial charge in [0.15, 0.2) is 0 Å². The van der Waals surface area contributed by atoms with Crippen molar-refractivity contribution in [1.29, 1.82) is 0 Å². The molecule has 0 radical (unpaired) electrons. The smallest absolute Gasteiger partial charge is 0.242 e. The summed E-state index contributed by atoms with van der Waals surface area (Å²) in [5, 5.41) is 4.04. The van der Waals surface area contributed by atoms with E-state index in [1.54, 1.807) is 0 Å². The molecular weight excluding hydrogens is 172 g/mol. The van der Waals surface area contributed by atoms with E-state index >= 15 is 0 Å². The lowest BCUT2D eigenvalue weighted by atomic mass is 10.2.